The Balaban J connectivity index is 1.50. The normalized spacial score (nSPS) is 17.5. The molecule has 1 aliphatic rings. The lowest BCUT2D eigenvalue weighted by Crippen LogP contribution is -2.34. The summed E-state index contributed by atoms with van der Waals surface area (Å²) in [5, 5.41) is 2.94. The van der Waals surface area contributed by atoms with Crippen molar-refractivity contribution in [3.8, 4) is 0 Å². The number of carbonyl (C=O) groups excluding carboxylic acids is 1. The first-order chi connectivity index (χ1) is 12.3. The molecule has 140 valence electrons. The molecule has 0 radical (unpaired) electrons. The summed E-state index contributed by atoms with van der Waals surface area (Å²) in [5.41, 5.74) is 2.01. The second-order valence-corrected chi connectivity index (χ2v) is 7.18. The Labute approximate surface area is 153 Å². The molecular formula is C17H19F3N4OS. The minimum absolute atomic E-state index is 0.0263. The van der Waals surface area contributed by atoms with E-state index in [2.05, 4.69) is 15.3 Å². The third-order valence-electron chi connectivity index (χ3n) is 4.45. The fourth-order valence-corrected chi connectivity index (χ4v) is 3.71. The van der Waals surface area contributed by atoms with Gasteiger partial charge in [0.2, 0.25) is 5.91 Å². The summed E-state index contributed by atoms with van der Waals surface area (Å²) in [6.45, 7) is 3.56. The minimum Gasteiger partial charge on any atom is -0.356 e. The molecule has 3 heterocycles. The number of hydrogen-bond donors (Lipinski definition) is 1. The van der Waals surface area contributed by atoms with Gasteiger partial charge in [-0.1, -0.05) is 0 Å². The molecule has 0 aromatic carbocycles. The van der Waals surface area contributed by atoms with Crippen LogP contribution in [-0.4, -0.2) is 35.5 Å². The molecule has 0 saturated carbocycles. The third-order valence-corrected chi connectivity index (χ3v) is 5.45. The molecule has 1 fully saturated rings. The Morgan fingerprint density at radius 3 is 2.81 bits per heavy atom. The van der Waals surface area contributed by atoms with Gasteiger partial charge in [-0.15, -0.1) is 11.3 Å². The lowest BCUT2D eigenvalue weighted by molar-refractivity contribution is -0.137. The van der Waals surface area contributed by atoms with Gasteiger partial charge >= 0.3 is 6.18 Å². The topological polar surface area (TPSA) is 58.1 Å². The summed E-state index contributed by atoms with van der Waals surface area (Å²) in [6, 6.07) is 2.38. The monoisotopic (exact) mass is 384 g/mol. The highest BCUT2D eigenvalue weighted by atomic mass is 32.1. The zero-order valence-electron chi connectivity index (χ0n) is 14.2. The summed E-state index contributed by atoms with van der Waals surface area (Å²) in [4.78, 5) is 23.4. The number of halogens is 3. The first kappa shape index (κ1) is 18.6. The van der Waals surface area contributed by atoms with E-state index in [1.54, 1.807) is 16.8 Å². The van der Waals surface area contributed by atoms with E-state index in [4.69, 9.17) is 0 Å². The molecule has 1 saturated heterocycles. The molecule has 0 bridgehead atoms. The van der Waals surface area contributed by atoms with E-state index in [-0.39, 0.29) is 11.8 Å². The lowest BCUT2D eigenvalue weighted by atomic mass is 10.1. The van der Waals surface area contributed by atoms with Crippen molar-refractivity contribution in [3.05, 3.63) is 40.0 Å². The van der Waals surface area contributed by atoms with Gasteiger partial charge in [0.25, 0.3) is 0 Å². The molecule has 0 unspecified atom stereocenters. The molecule has 1 aliphatic heterocycles. The van der Waals surface area contributed by atoms with Crippen molar-refractivity contribution in [1.29, 1.82) is 0 Å². The molecule has 2 aromatic rings. The number of nitrogens with one attached hydrogen (secondary N) is 1. The van der Waals surface area contributed by atoms with Gasteiger partial charge in [0, 0.05) is 37.1 Å². The van der Waals surface area contributed by atoms with Crippen molar-refractivity contribution in [2.24, 2.45) is 5.92 Å². The number of carbonyl (C=O) groups is 1. The number of alkyl halides is 3. The van der Waals surface area contributed by atoms with E-state index in [1.807, 2.05) is 11.8 Å². The second kappa shape index (κ2) is 7.61. The van der Waals surface area contributed by atoms with Crippen LogP contribution in [0.2, 0.25) is 0 Å². The van der Waals surface area contributed by atoms with E-state index in [0.29, 0.717) is 31.9 Å². The van der Waals surface area contributed by atoms with Crippen LogP contribution in [0.15, 0.2) is 23.8 Å². The number of rotatable bonds is 5. The van der Waals surface area contributed by atoms with Crippen LogP contribution in [0, 0.1) is 12.8 Å². The first-order valence-corrected chi connectivity index (χ1v) is 9.17. The Hall–Kier alpha value is -2.16. The second-order valence-electron chi connectivity index (χ2n) is 6.24. The van der Waals surface area contributed by atoms with E-state index >= 15 is 0 Å². The van der Waals surface area contributed by atoms with Gasteiger partial charge in [-0.3, -0.25) is 4.79 Å². The molecular weight excluding hydrogens is 365 g/mol. The lowest BCUT2D eigenvalue weighted by Gasteiger charge is -2.18. The Bertz CT molecular complexity index is 760. The number of pyridine rings is 1. The van der Waals surface area contributed by atoms with E-state index in [9.17, 15) is 18.0 Å². The van der Waals surface area contributed by atoms with Crippen LogP contribution in [0.3, 0.4) is 0 Å². The van der Waals surface area contributed by atoms with Gasteiger partial charge in [-0.25, -0.2) is 9.97 Å². The number of hydrogen-bond acceptors (Lipinski definition) is 5. The van der Waals surface area contributed by atoms with Crippen molar-refractivity contribution in [2.45, 2.75) is 25.9 Å². The number of anilines is 1. The maximum absolute atomic E-state index is 12.6. The number of nitrogens with zero attached hydrogens (tertiary/aromatic N) is 3. The van der Waals surface area contributed by atoms with Crippen molar-refractivity contribution >= 4 is 23.1 Å². The van der Waals surface area contributed by atoms with Crippen LogP contribution in [0.25, 0.3) is 0 Å². The van der Waals surface area contributed by atoms with Gasteiger partial charge in [-0.05, 0) is 25.5 Å². The summed E-state index contributed by atoms with van der Waals surface area (Å²) in [7, 11) is 0. The van der Waals surface area contributed by atoms with Crippen molar-refractivity contribution in [3.63, 3.8) is 0 Å². The molecule has 0 spiro atoms. The standard InChI is InChI=1S/C17H19F3N4OS/c1-11-14(26-10-23-11)4-6-21-16(25)12-5-7-24(9-12)15-3-2-13(8-22-15)17(18,19)20/h2-3,8,10,12H,4-7,9H2,1H3,(H,21,25)/t12-/m1/s1. The highest BCUT2D eigenvalue weighted by Crippen LogP contribution is 2.30. The van der Waals surface area contributed by atoms with E-state index in [0.717, 1.165) is 29.3 Å². The molecule has 1 amide bonds. The molecule has 26 heavy (non-hydrogen) atoms. The zero-order valence-corrected chi connectivity index (χ0v) is 15.0. The van der Waals surface area contributed by atoms with Gasteiger partial charge in [-0.2, -0.15) is 13.2 Å². The number of thiazole rings is 1. The fraction of sp³-hybridized carbons (Fsp3) is 0.471. The summed E-state index contributed by atoms with van der Waals surface area (Å²) >= 11 is 1.57. The van der Waals surface area contributed by atoms with Crippen LogP contribution in [0.1, 0.15) is 22.6 Å². The van der Waals surface area contributed by atoms with E-state index < -0.39 is 11.7 Å². The molecule has 0 aliphatic carbocycles. The van der Waals surface area contributed by atoms with Crippen LogP contribution in [-0.2, 0) is 17.4 Å². The van der Waals surface area contributed by atoms with Gasteiger partial charge in [0.05, 0.1) is 22.7 Å². The third kappa shape index (κ3) is 4.32. The molecule has 2 aromatic heterocycles. The predicted molar refractivity (Wildman–Crippen MR) is 93.1 cm³/mol. The Morgan fingerprint density at radius 2 is 2.19 bits per heavy atom. The highest BCUT2D eigenvalue weighted by Gasteiger charge is 2.32. The summed E-state index contributed by atoms with van der Waals surface area (Å²) in [6.07, 6.45) is -2.15. The van der Waals surface area contributed by atoms with Crippen LogP contribution in [0.5, 0.6) is 0 Å². The zero-order chi connectivity index (χ0) is 18.7. The summed E-state index contributed by atoms with van der Waals surface area (Å²) in [5.74, 6) is 0.261. The number of aromatic nitrogens is 2. The van der Waals surface area contributed by atoms with E-state index in [1.165, 1.54) is 6.07 Å². The van der Waals surface area contributed by atoms with Crippen LogP contribution < -0.4 is 10.2 Å². The molecule has 9 heteroatoms. The molecule has 5 nitrogen and oxygen atoms in total. The summed E-state index contributed by atoms with van der Waals surface area (Å²) < 4.78 is 37.8. The van der Waals surface area contributed by atoms with Crippen molar-refractivity contribution in [2.75, 3.05) is 24.5 Å². The Kier molecular flexibility index (Phi) is 5.45. The largest absolute Gasteiger partial charge is 0.417 e. The number of amides is 1. The predicted octanol–water partition coefficient (Wildman–Crippen LogP) is 3.05. The van der Waals surface area contributed by atoms with Gasteiger partial charge in [0.15, 0.2) is 0 Å². The maximum atomic E-state index is 12.6. The quantitative estimate of drug-likeness (QED) is 0.861. The fourth-order valence-electron chi connectivity index (χ4n) is 2.93. The average molecular weight is 384 g/mol. The molecule has 1 N–H and O–H groups in total. The Morgan fingerprint density at radius 1 is 1.38 bits per heavy atom. The SMILES string of the molecule is Cc1ncsc1CCNC(=O)[C@@H]1CCN(c2ccc(C(F)(F)F)cn2)C1. The van der Waals surface area contributed by atoms with Crippen molar-refractivity contribution < 1.29 is 18.0 Å². The molecule has 3 rings (SSSR count). The van der Waals surface area contributed by atoms with Gasteiger partial charge in [0.1, 0.15) is 5.82 Å². The van der Waals surface area contributed by atoms with Crippen molar-refractivity contribution in [1.82, 2.24) is 15.3 Å². The van der Waals surface area contributed by atoms with Crippen LogP contribution in [0.4, 0.5) is 19.0 Å². The first-order valence-electron chi connectivity index (χ1n) is 8.29. The minimum atomic E-state index is -4.39. The highest BCUT2D eigenvalue weighted by molar-refractivity contribution is 7.09. The number of aryl methyl sites for hydroxylation is 1. The maximum Gasteiger partial charge on any atom is 0.417 e. The molecule has 1 atom stereocenters. The van der Waals surface area contributed by atoms with Gasteiger partial charge < -0.3 is 10.2 Å². The smallest absolute Gasteiger partial charge is 0.356 e. The average Bonchev–Trinajstić information content (AvgIpc) is 3.24. The van der Waals surface area contributed by atoms with Crippen LogP contribution >= 0.6 is 11.3 Å².